The van der Waals surface area contributed by atoms with Crippen molar-refractivity contribution in [3.8, 4) is 0 Å². The van der Waals surface area contributed by atoms with Crippen molar-refractivity contribution in [3.63, 3.8) is 0 Å². The van der Waals surface area contributed by atoms with Gasteiger partial charge in [0.15, 0.2) is 0 Å². The first-order valence-electron chi connectivity index (χ1n) is 7.95. The Morgan fingerprint density at radius 1 is 1.08 bits per heavy atom. The summed E-state index contributed by atoms with van der Waals surface area (Å²) in [6, 6.07) is 6.20. The fourth-order valence-electron chi connectivity index (χ4n) is 1.83. The van der Waals surface area contributed by atoms with Crippen LogP contribution in [-0.2, 0) is 14.3 Å². The van der Waals surface area contributed by atoms with Crippen molar-refractivity contribution in [1.82, 2.24) is 10.2 Å². The molecule has 2 amide bonds. The van der Waals surface area contributed by atoms with Gasteiger partial charge in [-0.1, -0.05) is 6.92 Å². The number of amides is 2. The molecule has 0 heterocycles. The van der Waals surface area contributed by atoms with Crippen molar-refractivity contribution < 1.29 is 19.1 Å². The van der Waals surface area contributed by atoms with Crippen LogP contribution in [0.5, 0.6) is 0 Å². The Bertz CT molecular complexity index is 555. The molecule has 0 saturated carbocycles. The zero-order valence-corrected chi connectivity index (χ0v) is 14.4. The average Bonchev–Trinajstić information content (AvgIpc) is 2.56. The number of nitrogens with one attached hydrogen (secondary N) is 2. The zero-order valence-electron chi connectivity index (χ0n) is 14.4. The molecule has 0 aromatic heterocycles. The highest BCUT2D eigenvalue weighted by Gasteiger charge is 2.13. The number of esters is 1. The SMILES string of the molecule is CCCOC(=O)c1ccc(NC(=O)C(=O)NCCCN(C)C)cc1. The number of hydrogen-bond donors (Lipinski definition) is 2. The van der Waals surface area contributed by atoms with Crippen LogP contribution in [0.25, 0.3) is 0 Å². The molecule has 1 aromatic rings. The quantitative estimate of drug-likeness (QED) is 0.424. The summed E-state index contributed by atoms with van der Waals surface area (Å²) in [4.78, 5) is 37.1. The number of rotatable bonds is 8. The van der Waals surface area contributed by atoms with Crippen LogP contribution in [0.1, 0.15) is 30.1 Å². The first-order valence-corrected chi connectivity index (χ1v) is 7.95. The number of carbonyl (C=O) groups is 3. The van der Waals surface area contributed by atoms with E-state index in [9.17, 15) is 14.4 Å². The lowest BCUT2D eigenvalue weighted by Gasteiger charge is -2.10. The number of ether oxygens (including phenoxy) is 1. The van der Waals surface area contributed by atoms with Crippen molar-refractivity contribution in [1.29, 1.82) is 0 Å². The summed E-state index contributed by atoms with van der Waals surface area (Å²) < 4.78 is 5.01. The van der Waals surface area contributed by atoms with Gasteiger partial charge in [0.1, 0.15) is 0 Å². The van der Waals surface area contributed by atoms with Gasteiger partial charge in [-0.25, -0.2) is 4.79 Å². The van der Waals surface area contributed by atoms with Gasteiger partial charge in [0.25, 0.3) is 0 Å². The van der Waals surface area contributed by atoms with Crippen LogP contribution in [0.2, 0.25) is 0 Å². The molecule has 0 fully saturated rings. The molecule has 7 heteroatoms. The molecule has 1 rings (SSSR count). The fourth-order valence-corrected chi connectivity index (χ4v) is 1.83. The molecule has 0 atom stereocenters. The Hall–Kier alpha value is -2.41. The van der Waals surface area contributed by atoms with Gasteiger partial charge in [0, 0.05) is 12.2 Å². The largest absolute Gasteiger partial charge is 0.462 e. The van der Waals surface area contributed by atoms with Crippen LogP contribution in [0.15, 0.2) is 24.3 Å². The van der Waals surface area contributed by atoms with Crippen LogP contribution in [0, 0.1) is 0 Å². The molecule has 0 unspecified atom stereocenters. The van der Waals surface area contributed by atoms with Crippen molar-refractivity contribution in [3.05, 3.63) is 29.8 Å². The molecule has 0 aliphatic rings. The molecule has 0 saturated heterocycles. The smallest absolute Gasteiger partial charge is 0.338 e. The summed E-state index contributed by atoms with van der Waals surface area (Å²) in [7, 11) is 3.88. The second-order valence-corrected chi connectivity index (χ2v) is 5.58. The van der Waals surface area contributed by atoms with Gasteiger partial charge in [-0.3, -0.25) is 9.59 Å². The normalized spacial score (nSPS) is 10.3. The Labute approximate surface area is 142 Å². The maximum Gasteiger partial charge on any atom is 0.338 e. The van der Waals surface area contributed by atoms with E-state index in [0.29, 0.717) is 24.4 Å². The summed E-state index contributed by atoms with van der Waals surface area (Å²) in [5.41, 5.74) is 0.838. The molecule has 0 spiro atoms. The van der Waals surface area contributed by atoms with Gasteiger partial charge < -0.3 is 20.3 Å². The van der Waals surface area contributed by atoms with Crippen LogP contribution < -0.4 is 10.6 Å². The summed E-state index contributed by atoms with van der Waals surface area (Å²) in [5, 5.41) is 5.05. The average molecular weight is 335 g/mol. The highest BCUT2D eigenvalue weighted by atomic mass is 16.5. The van der Waals surface area contributed by atoms with Crippen molar-refractivity contribution in [2.75, 3.05) is 39.1 Å². The second-order valence-electron chi connectivity index (χ2n) is 5.58. The maximum atomic E-state index is 11.8. The zero-order chi connectivity index (χ0) is 17.9. The minimum atomic E-state index is -0.735. The van der Waals surface area contributed by atoms with Crippen molar-refractivity contribution in [2.24, 2.45) is 0 Å². The van der Waals surface area contributed by atoms with E-state index in [1.165, 1.54) is 0 Å². The molecule has 0 aliphatic heterocycles. The first-order chi connectivity index (χ1) is 11.4. The highest BCUT2D eigenvalue weighted by molar-refractivity contribution is 6.39. The minimum absolute atomic E-state index is 0.366. The number of nitrogens with zero attached hydrogens (tertiary/aromatic N) is 1. The van der Waals surface area contributed by atoms with Gasteiger partial charge in [0.2, 0.25) is 0 Å². The monoisotopic (exact) mass is 335 g/mol. The third kappa shape index (κ3) is 7.23. The summed E-state index contributed by atoms with van der Waals surface area (Å²) in [6.45, 7) is 3.55. The Morgan fingerprint density at radius 2 is 1.75 bits per heavy atom. The van der Waals surface area contributed by atoms with E-state index in [1.54, 1.807) is 24.3 Å². The number of benzene rings is 1. The second kappa shape index (κ2) is 10.4. The molecular formula is C17H25N3O4. The molecular weight excluding hydrogens is 310 g/mol. The minimum Gasteiger partial charge on any atom is -0.462 e. The van der Waals surface area contributed by atoms with E-state index in [1.807, 2.05) is 25.9 Å². The van der Waals surface area contributed by atoms with Gasteiger partial charge in [-0.05, 0) is 57.7 Å². The first kappa shape index (κ1) is 19.6. The van der Waals surface area contributed by atoms with Crippen LogP contribution >= 0.6 is 0 Å². The van der Waals surface area contributed by atoms with Crippen LogP contribution in [-0.4, -0.2) is 56.5 Å². The fraction of sp³-hybridized carbons (Fsp3) is 0.471. The van der Waals surface area contributed by atoms with E-state index >= 15 is 0 Å². The van der Waals surface area contributed by atoms with Gasteiger partial charge in [-0.15, -0.1) is 0 Å². The molecule has 132 valence electrons. The predicted molar refractivity (Wildman–Crippen MR) is 91.8 cm³/mol. The Kier molecular flexibility index (Phi) is 8.49. The third-order valence-corrected chi connectivity index (χ3v) is 3.09. The molecule has 7 nitrogen and oxygen atoms in total. The number of carbonyl (C=O) groups excluding carboxylic acids is 3. The summed E-state index contributed by atoms with van der Waals surface area (Å²) in [5.74, 6) is -1.82. The van der Waals surface area contributed by atoms with E-state index in [4.69, 9.17) is 4.74 Å². The van der Waals surface area contributed by atoms with Crippen LogP contribution in [0.4, 0.5) is 5.69 Å². The standard InChI is InChI=1S/C17H25N3O4/c1-4-12-24-17(23)13-6-8-14(9-7-13)19-16(22)15(21)18-10-5-11-20(2)3/h6-9H,4-5,10-12H2,1-3H3,(H,18,21)(H,19,22). The Balaban J connectivity index is 2.43. The van der Waals surface area contributed by atoms with Crippen molar-refractivity contribution in [2.45, 2.75) is 19.8 Å². The molecule has 0 radical (unpaired) electrons. The predicted octanol–water partition coefficient (Wildman–Crippen LogP) is 1.26. The van der Waals surface area contributed by atoms with Gasteiger partial charge in [-0.2, -0.15) is 0 Å². The third-order valence-electron chi connectivity index (χ3n) is 3.09. The Morgan fingerprint density at radius 3 is 2.33 bits per heavy atom. The van der Waals surface area contributed by atoms with Crippen LogP contribution in [0.3, 0.4) is 0 Å². The van der Waals surface area contributed by atoms with Gasteiger partial charge in [0.05, 0.1) is 12.2 Å². The molecule has 1 aromatic carbocycles. The lowest BCUT2D eigenvalue weighted by atomic mass is 10.2. The maximum absolute atomic E-state index is 11.8. The van der Waals surface area contributed by atoms with E-state index < -0.39 is 17.8 Å². The molecule has 2 N–H and O–H groups in total. The highest BCUT2D eigenvalue weighted by Crippen LogP contribution is 2.10. The molecule has 24 heavy (non-hydrogen) atoms. The molecule has 0 bridgehead atoms. The summed E-state index contributed by atoms with van der Waals surface area (Å²) >= 11 is 0. The van der Waals surface area contributed by atoms with E-state index in [0.717, 1.165) is 19.4 Å². The topological polar surface area (TPSA) is 87.7 Å². The lowest BCUT2D eigenvalue weighted by Crippen LogP contribution is -2.36. The van der Waals surface area contributed by atoms with E-state index in [2.05, 4.69) is 10.6 Å². The van der Waals surface area contributed by atoms with E-state index in [-0.39, 0.29) is 0 Å². The lowest BCUT2D eigenvalue weighted by molar-refractivity contribution is -0.136. The number of anilines is 1. The van der Waals surface area contributed by atoms with Crippen molar-refractivity contribution >= 4 is 23.5 Å². The number of hydrogen-bond acceptors (Lipinski definition) is 5. The molecule has 0 aliphatic carbocycles. The van der Waals surface area contributed by atoms with Gasteiger partial charge >= 0.3 is 17.8 Å². The summed E-state index contributed by atoms with van der Waals surface area (Å²) in [6.07, 6.45) is 1.52.